The van der Waals surface area contributed by atoms with Crippen LogP contribution in [0.3, 0.4) is 0 Å². The second kappa shape index (κ2) is 14.0. The first-order valence-corrected chi connectivity index (χ1v) is 21.3. The highest BCUT2D eigenvalue weighted by Crippen LogP contribution is 2.43. The number of rotatable bonds is 6. The Bertz CT molecular complexity index is 3900. The highest BCUT2D eigenvalue weighted by atomic mass is 15.2. The van der Waals surface area contributed by atoms with Crippen LogP contribution >= 0.6 is 0 Å². The van der Waals surface area contributed by atoms with Gasteiger partial charge in [-0.25, -0.2) is 4.98 Å². The molecule has 0 fully saturated rings. The Morgan fingerprint density at radius 2 is 0.810 bits per heavy atom. The van der Waals surface area contributed by atoms with Crippen LogP contribution in [0.2, 0.25) is 0 Å². The summed E-state index contributed by atoms with van der Waals surface area (Å²) in [4.78, 5) is 16.3. The van der Waals surface area contributed by atoms with E-state index in [0.29, 0.717) is 17.6 Å². The van der Waals surface area contributed by atoms with Crippen LogP contribution in [-0.2, 0) is 0 Å². The van der Waals surface area contributed by atoms with Gasteiger partial charge in [0.2, 0.25) is 5.95 Å². The van der Waals surface area contributed by atoms with Gasteiger partial charge in [0.15, 0.2) is 11.6 Å². The van der Waals surface area contributed by atoms with Crippen molar-refractivity contribution >= 4 is 65.4 Å². The number of nitrogens with zero attached hydrogens (tertiary/aromatic N) is 6. The zero-order valence-electron chi connectivity index (χ0n) is 34.0. The largest absolute Gasteiger partial charge is 0.309 e. The number of hydrogen-bond donors (Lipinski definition) is 0. The highest BCUT2D eigenvalue weighted by molar-refractivity contribution is 6.26. The van der Waals surface area contributed by atoms with Gasteiger partial charge < -0.3 is 9.13 Å². The second-order valence-electron chi connectivity index (χ2n) is 16.0. The van der Waals surface area contributed by atoms with Crippen molar-refractivity contribution < 1.29 is 0 Å². The van der Waals surface area contributed by atoms with E-state index in [4.69, 9.17) is 15.0 Å². The zero-order chi connectivity index (χ0) is 41.4. The lowest BCUT2D eigenvalue weighted by molar-refractivity contribution is 0.955. The normalized spacial score (nSPS) is 11.8. The summed E-state index contributed by atoms with van der Waals surface area (Å²) in [6.45, 7) is 0. The molecule has 9 aromatic carbocycles. The van der Waals surface area contributed by atoms with Crippen LogP contribution in [-0.4, -0.2) is 28.7 Å². The maximum atomic E-state index is 5.54. The number of aromatic nitrogens is 6. The van der Waals surface area contributed by atoms with Crippen molar-refractivity contribution in [2.75, 3.05) is 0 Å². The Balaban J connectivity index is 1.14. The average Bonchev–Trinajstić information content (AvgIpc) is 4.01. The Hall–Kier alpha value is -8.61. The first-order chi connectivity index (χ1) is 31.3. The summed E-state index contributed by atoms with van der Waals surface area (Å²) in [6.07, 6.45) is 0. The van der Waals surface area contributed by atoms with Crippen LogP contribution in [0.4, 0.5) is 0 Å². The number of hydrogen-bond acceptors (Lipinski definition) is 3. The predicted octanol–water partition coefficient (Wildman–Crippen LogP) is 14.2. The summed E-state index contributed by atoms with van der Waals surface area (Å²) in [5, 5.41) is 6.87. The highest BCUT2D eigenvalue weighted by Gasteiger charge is 2.25. The van der Waals surface area contributed by atoms with Crippen molar-refractivity contribution in [3.63, 3.8) is 0 Å². The van der Waals surface area contributed by atoms with E-state index in [9.17, 15) is 0 Å². The van der Waals surface area contributed by atoms with Crippen molar-refractivity contribution in [1.82, 2.24) is 28.7 Å². The molecule has 63 heavy (non-hydrogen) atoms. The van der Waals surface area contributed by atoms with Gasteiger partial charge >= 0.3 is 0 Å². The molecule has 13 rings (SSSR count). The van der Waals surface area contributed by atoms with Crippen LogP contribution in [0, 0.1) is 0 Å². The van der Waals surface area contributed by atoms with Crippen LogP contribution in [0.25, 0.3) is 117 Å². The molecule has 4 heterocycles. The molecule has 0 atom stereocenters. The first-order valence-electron chi connectivity index (χ1n) is 21.3. The van der Waals surface area contributed by atoms with Gasteiger partial charge in [-0.05, 0) is 65.7 Å². The molecule has 0 aliphatic heterocycles. The lowest BCUT2D eigenvalue weighted by Crippen LogP contribution is -2.07. The van der Waals surface area contributed by atoms with Gasteiger partial charge in [-0.1, -0.05) is 164 Å². The van der Waals surface area contributed by atoms with Gasteiger partial charge in [-0.2, -0.15) is 9.97 Å². The van der Waals surface area contributed by atoms with Crippen LogP contribution in [0.15, 0.2) is 218 Å². The van der Waals surface area contributed by atoms with Crippen molar-refractivity contribution in [3.05, 3.63) is 218 Å². The molecule has 4 aromatic heterocycles. The van der Waals surface area contributed by atoms with Gasteiger partial charge in [-0.3, -0.25) is 4.57 Å². The van der Waals surface area contributed by atoms with Crippen molar-refractivity contribution in [1.29, 1.82) is 0 Å². The fraction of sp³-hybridized carbons (Fsp3) is 0. The third-order valence-electron chi connectivity index (χ3n) is 12.5. The van der Waals surface area contributed by atoms with Gasteiger partial charge in [0.25, 0.3) is 0 Å². The molecular formula is C57H36N6. The maximum Gasteiger partial charge on any atom is 0.238 e. The van der Waals surface area contributed by atoms with Crippen molar-refractivity contribution in [2.24, 2.45) is 0 Å². The summed E-state index contributed by atoms with van der Waals surface area (Å²) in [5.74, 6) is 1.76. The molecule has 0 radical (unpaired) electrons. The Labute approximate surface area is 362 Å². The van der Waals surface area contributed by atoms with Crippen molar-refractivity contribution in [2.45, 2.75) is 0 Å². The fourth-order valence-electron chi connectivity index (χ4n) is 9.80. The zero-order valence-corrected chi connectivity index (χ0v) is 34.0. The number of para-hydroxylation sites is 5. The molecule has 13 aromatic rings. The number of fused-ring (bicyclic) bond motifs is 10. The molecule has 6 heteroatoms. The molecule has 6 nitrogen and oxygen atoms in total. The molecule has 0 unspecified atom stereocenters. The van der Waals surface area contributed by atoms with E-state index in [-0.39, 0.29) is 0 Å². The molecule has 0 amide bonds. The van der Waals surface area contributed by atoms with Crippen molar-refractivity contribution in [3.8, 4) is 51.2 Å². The van der Waals surface area contributed by atoms with E-state index >= 15 is 0 Å². The minimum atomic E-state index is 0.555. The Morgan fingerprint density at radius 3 is 1.54 bits per heavy atom. The van der Waals surface area contributed by atoms with Crippen LogP contribution in [0.1, 0.15) is 0 Å². The smallest absolute Gasteiger partial charge is 0.238 e. The summed E-state index contributed by atoms with van der Waals surface area (Å²) >= 11 is 0. The number of benzene rings is 9. The van der Waals surface area contributed by atoms with E-state index in [1.54, 1.807) is 0 Å². The van der Waals surface area contributed by atoms with E-state index in [2.05, 4.69) is 214 Å². The third-order valence-corrected chi connectivity index (χ3v) is 12.5. The SMILES string of the molecule is c1ccc(-c2cccc(-n3c4ccccc4c4c3ccc3c5ccccc5n(-c5nc(-c6ccccc6)nc(-c6cccc7c8ccccc8n(-c8ccccc8)c67)n5)c34)c2)cc1. The van der Waals surface area contributed by atoms with Gasteiger partial charge in [0.1, 0.15) is 0 Å². The topological polar surface area (TPSA) is 53.5 Å². The van der Waals surface area contributed by atoms with E-state index < -0.39 is 0 Å². The summed E-state index contributed by atoms with van der Waals surface area (Å²) < 4.78 is 7.02. The second-order valence-corrected chi connectivity index (χ2v) is 16.0. The lowest BCUT2D eigenvalue weighted by Gasteiger charge is -2.14. The molecule has 0 saturated carbocycles. The van der Waals surface area contributed by atoms with E-state index in [1.165, 1.54) is 16.5 Å². The molecule has 0 spiro atoms. The monoisotopic (exact) mass is 804 g/mol. The minimum Gasteiger partial charge on any atom is -0.309 e. The first kappa shape index (κ1) is 35.2. The predicted molar refractivity (Wildman–Crippen MR) is 259 cm³/mol. The Kier molecular flexibility index (Phi) is 7.80. The average molecular weight is 805 g/mol. The summed E-state index contributed by atoms with van der Waals surface area (Å²) in [6, 6.07) is 77.2. The third kappa shape index (κ3) is 5.41. The summed E-state index contributed by atoms with van der Waals surface area (Å²) in [5.41, 5.74) is 12.8. The molecule has 0 aliphatic carbocycles. The maximum absolute atomic E-state index is 5.54. The quantitative estimate of drug-likeness (QED) is 0.168. The van der Waals surface area contributed by atoms with E-state index in [1.807, 2.05) is 18.2 Å². The van der Waals surface area contributed by atoms with Crippen LogP contribution < -0.4 is 0 Å². The Morgan fingerprint density at radius 1 is 0.286 bits per heavy atom. The molecular weight excluding hydrogens is 769 g/mol. The summed E-state index contributed by atoms with van der Waals surface area (Å²) in [7, 11) is 0. The fourth-order valence-corrected chi connectivity index (χ4v) is 9.80. The van der Waals surface area contributed by atoms with E-state index in [0.717, 1.165) is 82.5 Å². The van der Waals surface area contributed by atoms with Crippen LogP contribution in [0.5, 0.6) is 0 Å². The van der Waals surface area contributed by atoms with Gasteiger partial charge in [-0.15, -0.1) is 0 Å². The van der Waals surface area contributed by atoms with Gasteiger partial charge in [0, 0.05) is 54.8 Å². The molecule has 0 aliphatic rings. The molecule has 0 saturated heterocycles. The molecule has 0 bridgehead atoms. The lowest BCUT2D eigenvalue weighted by atomic mass is 10.1. The standard InChI is InChI=1S/C57H36N6/c1-4-18-37(19-5-1)39-22-16-25-41(36-39)61-50-33-15-12-28-46(50)52-51(61)35-34-45-43-27-11-14-32-49(43)63(54(45)52)57-59-55(38-20-6-2-7-21-38)58-56(60-57)47-30-17-29-44-42-26-10-13-31-48(42)62(53(44)47)40-23-8-3-9-24-40/h1-36H. The molecule has 0 N–H and O–H groups in total. The minimum absolute atomic E-state index is 0.555. The van der Waals surface area contributed by atoms with Gasteiger partial charge in [0.05, 0.1) is 33.1 Å². The molecule has 294 valence electrons.